The van der Waals surface area contributed by atoms with Crippen molar-refractivity contribution in [3.63, 3.8) is 0 Å². The highest BCUT2D eigenvalue weighted by atomic mass is 16.5. The van der Waals surface area contributed by atoms with E-state index >= 15 is 0 Å². The molecular formula is C15H15N3O. The quantitative estimate of drug-likeness (QED) is 0.804. The molecular weight excluding hydrogens is 238 g/mol. The number of nitrogens with one attached hydrogen (secondary N) is 1. The minimum Gasteiger partial charge on any atom is -0.494 e. The van der Waals surface area contributed by atoms with E-state index in [1.54, 1.807) is 18.3 Å². The van der Waals surface area contributed by atoms with Gasteiger partial charge in [-0.05, 0) is 30.7 Å². The van der Waals surface area contributed by atoms with Gasteiger partial charge in [-0.3, -0.25) is 0 Å². The van der Waals surface area contributed by atoms with Crippen LogP contribution in [0.2, 0.25) is 0 Å². The fraction of sp³-hybridized carbons (Fsp3) is 0.200. The van der Waals surface area contributed by atoms with E-state index in [4.69, 9.17) is 10.00 Å². The summed E-state index contributed by atoms with van der Waals surface area (Å²) in [7, 11) is 0. The zero-order valence-corrected chi connectivity index (χ0v) is 10.5. The van der Waals surface area contributed by atoms with Gasteiger partial charge in [0, 0.05) is 12.7 Å². The van der Waals surface area contributed by atoms with Crippen LogP contribution in [0.1, 0.15) is 12.0 Å². The number of hydrogen-bond donors (Lipinski definition) is 1. The topological polar surface area (TPSA) is 57.9 Å². The second-order valence-electron chi connectivity index (χ2n) is 3.99. The molecule has 0 aliphatic rings. The number of hydrogen-bond acceptors (Lipinski definition) is 4. The Labute approximate surface area is 112 Å². The summed E-state index contributed by atoms with van der Waals surface area (Å²) in [6.45, 7) is 1.44. The molecule has 0 bridgehead atoms. The Balaban J connectivity index is 1.65. The van der Waals surface area contributed by atoms with E-state index in [2.05, 4.69) is 10.3 Å². The van der Waals surface area contributed by atoms with E-state index < -0.39 is 0 Å². The van der Waals surface area contributed by atoms with Crippen molar-refractivity contribution in [2.24, 2.45) is 0 Å². The standard InChI is InChI=1S/C15H15N3O/c16-11-13-7-8-15(18-12-13)17-9-4-10-19-14-5-2-1-3-6-14/h1-3,5-8,12H,4,9-10H2,(H,17,18). The van der Waals surface area contributed by atoms with Crippen LogP contribution in [0.3, 0.4) is 0 Å². The summed E-state index contributed by atoms with van der Waals surface area (Å²) < 4.78 is 5.58. The molecule has 1 heterocycles. The van der Waals surface area contributed by atoms with Crippen molar-refractivity contribution < 1.29 is 4.74 Å². The van der Waals surface area contributed by atoms with Crippen molar-refractivity contribution in [1.82, 2.24) is 4.98 Å². The summed E-state index contributed by atoms with van der Waals surface area (Å²) in [5.74, 6) is 1.66. The monoisotopic (exact) mass is 253 g/mol. The number of benzene rings is 1. The van der Waals surface area contributed by atoms with E-state index in [1.807, 2.05) is 36.4 Å². The predicted molar refractivity (Wildman–Crippen MR) is 74.0 cm³/mol. The molecule has 0 radical (unpaired) electrons. The van der Waals surface area contributed by atoms with Gasteiger partial charge in [-0.25, -0.2) is 4.98 Å². The van der Waals surface area contributed by atoms with Crippen LogP contribution < -0.4 is 10.1 Å². The van der Waals surface area contributed by atoms with Crippen molar-refractivity contribution in [2.45, 2.75) is 6.42 Å². The van der Waals surface area contributed by atoms with E-state index in [0.717, 1.165) is 24.5 Å². The Kier molecular flexibility index (Phi) is 4.77. The van der Waals surface area contributed by atoms with Gasteiger partial charge in [0.15, 0.2) is 0 Å². The maximum Gasteiger partial charge on any atom is 0.125 e. The zero-order chi connectivity index (χ0) is 13.3. The smallest absolute Gasteiger partial charge is 0.125 e. The average molecular weight is 253 g/mol. The Morgan fingerprint density at radius 1 is 1.16 bits per heavy atom. The van der Waals surface area contributed by atoms with E-state index in [-0.39, 0.29) is 0 Å². The van der Waals surface area contributed by atoms with E-state index in [0.29, 0.717) is 12.2 Å². The van der Waals surface area contributed by atoms with Crippen molar-refractivity contribution in [2.75, 3.05) is 18.5 Å². The highest BCUT2D eigenvalue weighted by Gasteiger charge is 1.95. The third-order valence-electron chi connectivity index (χ3n) is 2.53. The first-order valence-electron chi connectivity index (χ1n) is 6.16. The molecule has 2 rings (SSSR count). The number of pyridine rings is 1. The second kappa shape index (κ2) is 7.02. The summed E-state index contributed by atoms with van der Waals surface area (Å²) >= 11 is 0. The van der Waals surface area contributed by atoms with Gasteiger partial charge in [0.05, 0.1) is 12.2 Å². The van der Waals surface area contributed by atoms with Crippen LogP contribution in [0.4, 0.5) is 5.82 Å². The molecule has 0 aliphatic carbocycles. The molecule has 0 atom stereocenters. The third-order valence-corrected chi connectivity index (χ3v) is 2.53. The number of anilines is 1. The van der Waals surface area contributed by atoms with Gasteiger partial charge in [0.1, 0.15) is 17.6 Å². The molecule has 2 aromatic rings. The normalized spacial score (nSPS) is 9.63. The molecule has 1 N–H and O–H groups in total. The first-order chi connectivity index (χ1) is 9.38. The first-order valence-corrected chi connectivity index (χ1v) is 6.16. The van der Waals surface area contributed by atoms with Crippen LogP contribution in [0.25, 0.3) is 0 Å². The summed E-state index contributed by atoms with van der Waals surface area (Å²) in [6.07, 6.45) is 2.44. The lowest BCUT2D eigenvalue weighted by atomic mass is 10.3. The second-order valence-corrected chi connectivity index (χ2v) is 3.99. The molecule has 19 heavy (non-hydrogen) atoms. The van der Waals surface area contributed by atoms with Gasteiger partial charge < -0.3 is 10.1 Å². The fourth-order valence-electron chi connectivity index (χ4n) is 1.56. The predicted octanol–water partition coefficient (Wildman–Crippen LogP) is 2.83. The van der Waals surface area contributed by atoms with Gasteiger partial charge in [-0.1, -0.05) is 18.2 Å². The maximum atomic E-state index is 8.66. The Morgan fingerprint density at radius 2 is 2.00 bits per heavy atom. The Hall–Kier alpha value is -2.54. The van der Waals surface area contributed by atoms with Crippen LogP contribution in [0.5, 0.6) is 5.75 Å². The number of nitrogens with zero attached hydrogens (tertiary/aromatic N) is 2. The SMILES string of the molecule is N#Cc1ccc(NCCCOc2ccccc2)nc1. The molecule has 0 saturated carbocycles. The summed E-state index contributed by atoms with van der Waals surface area (Å²) in [6, 6.07) is 15.3. The number of nitriles is 1. The Bertz CT molecular complexity index is 532. The summed E-state index contributed by atoms with van der Waals surface area (Å²) in [5, 5.41) is 11.8. The van der Waals surface area contributed by atoms with E-state index in [9.17, 15) is 0 Å². The summed E-state index contributed by atoms with van der Waals surface area (Å²) in [4.78, 5) is 4.13. The van der Waals surface area contributed by atoms with Gasteiger partial charge in [0.25, 0.3) is 0 Å². The first kappa shape index (κ1) is 12.9. The van der Waals surface area contributed by atoms with Crippen molar-refractivity contribution in [3.8, 4) is 11.8 Å². The molecule has 4 heteroatoms. The average Bonchev–Trinajstić information content (AvgIpc) is 2.49. The van der Waals surface area contributed by atoms with Crippen LogP contribution in [0, 0.1) is 11.3 Å². The van der Waals surface area contributed by atoms with Crippen LogP contribution in [-0.2, 0) is 0 Å². The highest BCUT2D eigenvalue weighted by Crippen LogP contribution is 2.08. The molecule has 0 saturated heterocycles. The lowest BCUT2D eigenvalue weighted by molar-refractivity contribution is 0.315. The minimum absolute atomic E-state index is 0.568. The number of para-hydroxylation sites is 1. The van der Waals surface area contributed by atoms with Gasteiger partial charge in [0.2, 0.25) is 0 Å². The minimum atomic E-state index is 0.568. The third kappa shape index (κ3) is 4.32. The van der Waals surface area contributed by atoms with Gasteiger partial charge in [-0.2, -0.15) is 5.26 Å². The van der Waals surface area contributed by atoms with Crippen LogP contribution in [0.15, 0.2) is 48.7 Å². The lowest BCUT2D eigenvalue weighted by Gasteiger charge is -2.07. The van der Waals surface area contributed by atoms with Crippen molar-refractivity contribution >= 4 is 5.82 Å². The Morgan fingerprint density at radius 3 is 2.68 bits per heavy atom. The van der Waals surface area contributed by atoms with Gasteiger partial charge >= 0.3 is 0 Å². The fourth-order valence-corrected chi connectivity index (χ4v) is 1.56. The summed E-state index contributed by atoms with van der Waals surface area (Å²) in [5.41, 5.74) is 0.568. The number of rotatable bonds is 6. The molecule has 0 aliphatic heterocycles. The molecule has 1 aromatic carbocycles. The largest absolute Gasteiger partial charge is 0.494 e. The highest BCUT2D eigenvalue weighted by molar-refractivity contribution is 5.38. The van der Waals surface area contributed by atoms with E-state index in [1.165, 1.54) is 0 Å². The van der Waals surface area contributed by atoms with Crippen LogP contribution in [-0.4, -0.2) is 18.1 Å². The molecule has 0 unspecified atom stereocenters. The molecule has 0 amide bonds. The molecule has 1 aromatic heterocycles. The maximum absolute atomic E-state index is 8.66. The number of aromatic nitrogens is 1. The van der Waals surface area contributed by atoms with Crippen LogP contribution >= 0.6 is 0 Å². The molecule has 96 valence electrons. The molecule has 4 nitrogen and oxygen atoms in total. The zero-order valence-electron chi connectivity index (χ0n) is 10.5. The lowest BCUT2D eigenvalue weighted by Crippen LogP contribution is -2.08. The van der Waals surface area contributed by atoms with Gasteiger partial charge in [-0.15, -0.1) is 0 Å². The number of ether oxygens (including phenoxy) is 1. The van der Waals surface area contributed by atoms with Crippen molar-refractivity contribution in [1.29, 1.82) is 5.26 Å². The molecule has 0 spiro atoms. The van der Waals surface area contributed by atoms with Crippen molar-refractivity contribution in [3.05, 3.63) is 54.2 Å². The molecule has 0 fully saturated rings.